The van der Waals surface area contributed by atoms with Crippen molar-refractivity contribution in [2.75, 3.05) is 18.0 Å². The number of halogens is 2. The highest BCUT2D eigenvalue weighted by Gasteiger charge is 2.32. The third kappa shape index (κ3) is 4.44. The number of carbonyl (C=O) groups is 1. The zero-order chi connectivity index (χ0) is 17.6. The molecule has 0 aliphatic heterocycles. The van der Waals surface area contributed by atoms with Gasteiger partial charge in [0.05, 0.1) is 12.6 Å². The van der Waals surface area contributed by atoms with Crippen molar-refractivity contribution in [2.45, 2.75) is 51.0 Å². The van der Waals surface area contributed by atoms with E-state index in [0.717, 1.165) is 37.8 Å². The molecule has 0 unspecified atom stereocenters. The molecule has 1 aromatic rings. The predicted octanol–water partition coefficient (Wildman–Crippen LogP) is 3.52. The number of nitriles is 1. The molecule has 1 saturated carbocycles. The van der Waals surface area contributed by atoms with Crippen molar-refractivity contribution in [2.24, 2.45) is 0 Å². The number of rotatable bonds is 5. The van der Waals surface area contributed by atoms with Crippen molar-refractivity contribution in [1.82, 2.24) is 5.32 Å². The molecule has 1 fully saturated rings. The summed E-state index contributed by atoms with van der Waals surface area (Å²) < 4.78 is 26.5. The van der Waals surface area contributed by atoms with E-state index >= 15 is 0 Å². The predicted molar refractivity (Wildman–Crippen MR) is 88.4 cm³/mol. The molecule has 1 aliphatic carbocycles. The first-order chi connectivity index (χ1) is 11.5. The Hall–Kier alpha value is -2.16. The van der Waals surface area contributed by atoms with Crippen LogP contribution in [0.4, 0.5) is 14.5 Å². The first-order valence-corrected chi connectivity index (χ1v) is 8.42. The zero-order valence-electron chi connectivity index (χ0n) is 13.9. The van der Waals surface area contributed by atoms with Crippen molar-refractivity contribution in [3.05, 3.63) is 29.8 Å². The molecule has 0 atom stereocenters. The molecule has 24 heavy (non-hydrogen) atoms. The summed E-state index contributed by atoms with van der Waals surface area (Å²) in [6, 6.07) is 5.85. The van der Waals surface area contributed by atoms with Crippen LogP contribution in [0.15, 0.2) is 18.2 Å². The number of benzene rings is 1. The fourth-order valence-electron chi connectivity index (χ4n) is 3.14. The van der Waals surface area contributed by atoms with Gasteiger partial charge >= 0.3 is 0 Å². The molecular formula is C18H23F2N3O. The van der Waals surface area contributed by atoms with Crippen LogP contribution >= 0.6 is 0 Å². The molecule has 0 bridgehead atoms. The highest BCUT2D eigenvalue weighted by molar-refractivity contribution is 5.82. The average molecular weight is 335 g/mol. The van der Waals surface area contributed by atoms with Crippen LogP contribution in [-0.4, -0.2) is 24.5 Å². The Morgan fingerprint density at radius 2 is 1.92 bits per heavy atom. The first kappa shape index (κ1) is 18.2. The lowest BCUT2D eigenvalue weighted by Gasteiger charge is -2.29. The molecule has 1 aromatic carbocycles. The van der Waals surface area contributed by atoms with Crippen LogP contribution in [0, 0.1) is 23.0 Å². The Labute approximate surface area is 141 Å². The van der Waals surface area contributed by atoms with Gasteiger partial charge in [0.15, 0.2) is 11.6 Å². The van der Waals surface area contributed by atoms with Crippen LogP contribution in [0.5, 0.6) is 0 Å². The van der Waals surface area contributed by atoms with Gasteiger partial charge in [0.25, 0.3) is 0 Å². The molecule has 4 nitrogen and oxygen atoms in total. The average Bonchev–Trinajstić information content (AvgIpc) is 2.81. The second kappa shape index (κ2) is 8.09. The lowest BCUT2D eigenvalue weighted by atomic mass is 9.92. The maximum absolute atomic E-state index is 13.4. The van der Waals surface area contributed by atoms with Crippen molar-refractivity contribution < 1.29 is 13.6 Å². The van der Waals surface area contributed by atoms with Crippen LogP contribution in [0.3, 0.4) is 0 Å². The monoisotopic (exact) mass is 335 g/mol. The number of nitrogens with one attached hydrogen (secondary N) is 1. The van der Waals surface area contributed by atoms with Crippen LogP contribution in [0.25, 0.3) is 0 Å². The van der Waals surface area contributed by atoms with Gasteiger partial charge in [-0.1, -0.05) is 25.7 Å². The fourth-order valence-corrected chi connectivity index (χ4v) is 3.14. The molecule has 0 spiro atoms. The second-order valence-electron chi connectivity index (χ2n) is 6.27. The maximum Gasteiger partial charge on any atom is 0.240 e. The molecule has 0 heterocycles. The summed E-state index contributed by atoms with van der Waals surface area (Å²) in [5, 5.41) is 12.4. The van der Waals surface area contributed by atoms with E-state index in [1.54, 1.807) is 4.90 Å². The number of hydrogen-bond donors (Lipinski definition) is 1. The summed E-state index contributed by atoms with van der Waals surface area (Å²) in [6.07, 6.45) is 5.33. The smallest absolute Gasteiger partial charge is 0.240 e. The zero-order valence-corrected chi connectivity index (χ0v) is 13.9. The number of likely N-dealkylation sites (N-methyl/N-ethyl adjacent to an activating group) is 1. The summed E-state index contributed by atoms with van der Waals surface area (Å²) >= 11 is 0. The molecule has 1 amide bonds. The van der Waals surface area contributed by atoms with Crippen LogP contribution in [0.1, 0.15) is 45.4 Å². The Morgan fingerprint density at radius 1 is 1.25 bits per heavy atom. The summed E-state index contributed by atoms with van der Waals surface area (Å²) in [5.74, 6) is -2.13. The Bertz CT molecular complexity index is 619. The van der Waals surface area contributed by atoms with E-state index in [2.05, 4.69) is 11.4 Å². The van der Waals surface area contributed by atoms with Crippen LogP contribution in [-0.2, 0) is 4.79 Å². The molecule has 6 heteroatoms. The highest BCUT2D eigenvalue weighted by Crippen LogP contribution is 2.26. The number of hydrogen-bond acceptors (Lipinski definition) is 3. The van der Waals surface area contributed by atoms with E-state index < -0.39 is 17.2 Å². The lowest BCUT2D eigenvalue weighted by molar-refractivity contribution is -0.121. The van der Waals surface area contributed by atoms with Crippen LogP contribution in [0.2, 0.25) is 0 Å². The molecule has 130 valence electrons. The van der Waals surface area contributed by atoms with Gasteiger partial charge in [-0.25, -0.2) is 8.78 Å². The first-order valence-electron chi connectivity index (χ1n) is 8.42. The molecule has 1 aliphatic rings. The van der Waals surface area contributed by atoms with Gasteiger partial charge in [0, 0.05) is 18.3 Å². The molecule has 0 aromatic heterocycles. The molecule has 0 saturated heterocycles. The minimum Gasteiger partial charge on any atom is -0.362 e. The van der Waals surface area contributed by atoms with Gasteiger partial charge in [0.2, 0.25) is 5.91 Å². The highest BCUT2D eigenvalue weighted by atomic mass is 19.2. The Morgan fingerprint density at radius 3 is 2.46 bits per heavy atom. The van der Waals surface area contributed by atoms with E-state index in [-0.39, 0.29) is 12.5 Å². The standard InChI is InChI=1S/C18H23F2N3O/c1-2-23(14-7-8-15(19)16(20)11-14)12-17(24)22-18(13-21)9-5-3-4-6-10-18/h7-8,11H,2-6,9-10,12H2,1H3,(H,22,24). The quantitative estimate of drug-likeness (QED) is 0.838. The van der Waals surface area contributed by atoms with E-state index in [0.29, 0.717) is 25.1 Å². The van der Waals surface area contributed by atoms with Gasteiger partial charge < -0.3 is 10.2 Å². The minimum absolute atomic E-state index is 0.00496. The summed E-state index contributed by atoms with van der Waals surface area (Å²) in [4.78, 5) is 14.1. The number of amides is 1. The largest absolute Gasteiger partial charge is 0.362 e. The molecule has 0 radical (unpaired) electrons. The lowest BCUT2D eigenvalue weighted by Crippen LogP contribution is -2.50. The SMILES string of the molecule is CCN(CC(=O)NC1(C#N)CCCCCC1)c1ccc(F)c(F)c1. The summed E-state index contributed by atoms with van der Waals surface area (Å²) in [7, 11) is 0. The van der Waals surface area contributed by atoms with Crippen molar-refractivity contribution in [3.8, 4) is 6.07 Å². The van der Waals surface area contributed by atoms with Gasteiger partial charge in [0.1, 0.15) is 5.54 Å². The third-order valence-electron chi connectivity index (χ3n) is 4.53. The van der Waals surface area contributed by atoms with Crippen molar-refractivity contribution in [1.29, 1.82) is 5.26 Å². The Balaban J connectivity index is 2.05. The number of anilines is 1. The van der Waals surface area contributed by atoms with E-state index in [1.807, 2.05) is 6.92 Å². The van der Waals surface area contributed by atoms with Crippen molar-refractivity contribution in [3.63, 3.8) is 0 Å². The van der Waals surface area contributed by atoms with Gasteiger partial charge in [-0.05, 0) is 31.9 Å². The summed E-state index contributed by atoms with van der Waals surface area (Å²) in [6.45, 7) is 2.31. The van der Waals surface area contributed by atoms with E-state index in [4.69, 9.17) is 0 Å². The van der Waals surface area contributed by atoms with Crippen LogP contribution < -0.4 is 10.2 Å². The van der Waals surface area contributed by atoms with Gasteiger partial charge in [-0.15, -0.1) is 0 Å². The number of nitrogens with zero attached hydrogens (tertiary/aromatic N) is 2. The van der Waals surface area contributed by atoms with E-state index in [9.17, 15) is 18.8 Å². The maximum atomic E-state index is 13.4. The number of carbonyl (C=O) groups excluding carboxylic acids is 1. The molecular weight excluding hydrogens is 312 g/mol. The second-order valence-corrected chi connectivity index (χ2v) is 6.27. The molecule has 2 rings (SSSR count). The van der Waals surface area contributed by atoms with Gasteiger partial charge in [-0.3, -0.25) is 4.79 Å². The van der Waals surface area contributed by atoms with Crippen molar-refractivity contribution >= 4 is 11.6 Å². The summed E-state index contributed by atoms with van der Waals surface area (Å²) in [5.41, 5.74) is -0.362. The minimum atomic E-state index is -0.941. The third-order valence-corrected chi connectivity index (χ3v) is 4.53. The topological polar surface area (TPSA) is 56.1 Å². The Kier molecular flexibility index (Phi) is 6.13. The normalized spacial score (nSPS) is 16.8. The molecule has 1 N–H and O–H groups in total. The van der Waals surface area contributed by atoms with E-state index in [1.165, 1.54) is 6.07 Å². The fraction of sp³-hybridized carbons (Fsp3) is 0.556. The van der Waals surface area contributed by atoms with Gasteiger partial charge in [-0.2, -0.15) is 5.26 Å².